The molecule has 1 aliphatic rings. The van der Waals surface area contributed by atoms with Crippen LogP contribution in [0.2, 0.25) is 0 Å². The van der Waals surface area contributed by atoms with E-state index < -0.39 is 6.10 Å². The lowest BCUT2D eigenvalue weighted by molar-refractivity contribution is -0.160. The summed E-state index contributed by atoms with van der Waals surface area (Å²) in [7, 11) is 1.38. The van der Waals surface area contributed by atoms with Crippen LogP contribution in [0.15, 0.2) is 0 Å². The highest BCUT2D eigenvalue weighted by Crippen LogP contribution is 2.06. The van der Waals surface area contributed by atoms with Crippen LogP contribution in [0.4, 0.5) is 0 Å². The molecule has 0 aromatic carbocycles. The first-order valence-electron chi connectivity index (χ1n) is 5.67. The lowest BCUT2D eigenvalue weighted by Crippen LogP contribution is -2.47. The second-order valence-corrected chi connectivity index (χ2v) is 4.10. The predicted molar refractivity (Wildman–Crippen MR) is 59.3 cm³/mol. The van der Waals surface area contributed by atoms with Gasteiger partial charge in [-0.25, -0.2) is 4.79 Å². The molecule has 5 heteroatoms. The summed E-state index contributed by atoms with van der Waals surface area (Å²) in [6.45, 7) is 7.54. The molecular formula is C11H21NO4. The van der Waals surface area contributed by atoms with E-state index in [-0.39, 0.29) is 12.1 Å². The van der Waals surface area contributed by atoms with Gasteiger partial charge < -0.3 is 14.2 Å². The highest BCUT2D eigenvalue weighted by molar-refractivity contribution is 5.74. The highest BCUT2D eigenvalue weighted by Gasteiger charge is 2.26. The molecule has 94 valence electrons. The minimum absolute atomic E-state index is 0.248. The molecule has 1 atom stereocenters. The van der Waals surface area contributed by atoms with Gasteiger partial charge in [-0.2, -0.15) is 0 Å². The Morgan fingerprint density at radius 3 is 2.94 bits per heavy atom. The second kappa shape index (κ2) is 6.83. The fourth-order valence-corrected chi connectivity index (χ4v) is 1.60. The average Bonchev–Trinajstić information content (AvgIpc) is 2.28. The van der Waals surface area contributed by atoms with Crippen LogP contribution in [-0.2, 0) is 19.0 Å². The Balaban J connectivity index is 2.25. The molecule has 1 aliphatic heterocycles. The summed E-state index contributed by atoms with van der Waals surface area (Å²) in [6, 6.07) is 0. The molecule has 0 amide bonds. The molecule has 0 spiro atoms. The third kappa shape index (κ3) is 4.47. The van der Waals surface area contributed by atoms with Crippen molar-refractivity contribution in [1.29, 1.82) is 0 Å². The lowest BCUT2D eigenvalue weighted by Gasteiger charge is -2.31. The van der Waals surface area contributed by atoms with Gasteiger partial charge in [0.25, 0.3) is 0 Å². The van der Waals surface area contributed by atoms with Crippen LogP contribution in [0.5, 0.6) is 0 Å². The first-order chi connectivity index (χ1) is 7.63. The van der Waals surface area contributed by atoms with Crippen molar-refractivity contribution >= 4 is 5.97 Å². The number of morpholine rings is 1. The molecule has 1 unspecified atom stereocenters. The highest BCUT2D eigenvalue weighted by atomic mass is 16.6. The van der Waals surface area contributed by atoms with Crippen molar-refractivity contribution in [3.05, 3.63) is 0 Å². The normalized spacial score (nSPS) is 22.4. The number of nitrogens with zero attached hydrogens (tertiary/aromatic N) is 1. The number of rotatable bonds is 5. The maximum Gasteiger partial charge on any atom is 0.336 e. The maximum atomic E-state index is 11.3. The van der Waals surface area contributed by atoms with Crippen LogP contribution in [0.1, 0.15) is 13.8 Å². The summed E-state index contributed by atoms with van der Waals surface area (Å²) in [5, 5.41) is 0. The van der Waals surface area contributed by atoms with Crippen molar-refractivity contribution < 1.29 is 19.0 Å². The van der Waals surface area contributed by atoms with Gasteiger partial charge in [0.1, 0.15) is 0 Å². The van der Waals surface area contributed by atoms with Crippen molar-refractivity contribution in [2.75, 3.05) is 40.0 Å². The largest absolute Gasteiger partial charge is 0.467 e. The van der Waals surface area contributed by atoms with Gasteiger partial charge in [-0.05, 0) is 13.8 Å². The number of carbonyl (C=O) groups excluding carboxylic acids is 1. The molecule has 0 N–H and O–H groups in total. The van der Waals surface area contributed by atoms with Gasteiger partial charge in [0.15, 0.2) is 6.10 Å². The molecule has 0 saturated carbocycles. The molecular weight excluding hydrogens is 210 g/mol. The molecule has 0 radical (unpaired) electrons. The summed E-state index contributed by atoms with van der Waals surface area (Å²) in [5.41, 5.74) is 0. The number of methoxy groups -OCH3 is 1. The van der Waals surface area contributed by atoms with Gasteiger partial charge in [-0.3, -0.25) is 4.90 Å². The summed E-state index contributed by atoms with van der Waals surface area (Å²) >= 11 is 0. The maximum absolute atomic E-state index is 11.3. The first-order valence-corrected chi connectivity index (χ1v) is 5.67. The summed E-state index contributed by atoms with van der Waals surface area (Å²) in [5.74, 6) is -0.297. The number of carbonyl (C=O) groups is 1. The Morgan fingerprint density at radius 1 is 1.56 bits per heavy atom. The van der Waals surface area contributed by atoms with E-state index in [0.29, 0.717) is 19.8 Å². The Hall–Kier alpha value is -0.650. The monoisotopic (exact) mass is 231 g/mol. The summed E-state index contributed by atoms with van der Waals surface area (Å²) in [6.07, 6.45) is -0.199. The van der Waals surface area contributed by atoms with Gasteiger partial charge >= 0.3 is 5.97 Å². The van der Waals surface area contributed by atoms with Crippen LogP contribution in [0, 0.1) is 0 Å². The van der Waals surface area contributed by atoms with E-state index >= 15 is 0 Å². The second-order valence-electron chi connectivity index (χ2n) is 4.10. The molecule has 1 fully saturated rings. The van der Waals surface area contributed by atoms with Crippen molar-refractivity contribution in [3.63, 3.8) is 0 Å². The van der Waals surface area contributed by atoms with E-state index in [4.69, 9.17) is 9.47 Å². The molecule has 5 nitrogen and oxygen atoms in total. The van der Waals surface area contributed by atoms with E-state index in [9.17, 15) is 4.79 Å². The number of esters is 1. The van der Waals surface area contributed by atoms with Crippen LogP contribution in [0.25, 0.3) is 0 Å². The molecule has 0 bridgehead atoms. The molecule has 1 heterocycles. The number of hydrogen-bond donors (Lipinski definition) is 0. The minimum Gasteiger partial charge on any atom is -0.467 e. The van der Waals surface area contributed by atoms with Crippen molar-refractivity contribution in [2.24, 2.45) is 0 Å². The molecule has 1 rings (SSSR count). The Kier molecular flexibility index (Phi) is 5.73. The minimum atomic E-state index is -0.446. The first kappa shape index (κ1) is 13.4. The van der Waals surface area contributed by atoms with Crippen LogP contribution in [0.3, 0.4) is 0 Å². The third-order valence-electron chi connectivity index (χ3n) is 2.47. The van der Waals surface area contributed by atoms with Crippen molar-refractivity contribution in [1.82, 2.24) is 4.90 Å². The fraction of sp³-hybridized carbons (Fsp3) is 0.909. The van der Waals surface area contributed by atoms with E-state index in [1.54, 1.807) is 0 Å². The van der Waals surface area contributed by atoms with Crippen LogP contribution in [-0.4, -0.2) is 63.0 Å². The molecule has 0 aliphatic carbocycles. The zero-order valence-corrected chi connectivity index (χ0v) is 10.3. The van der Waals surface area contributed by atoms with E-state index in [1.165, 1.54) is 7.11 Å². The van der Waals surface area contributed by atoms with Crippen LogP contribution < -0.4 is 0 Å². The molecule has 16 heavy (non-hydrogen) atoms. The van der Waals surface area contributed by atoms with Gasteiger partial charge in [0.2, 0.25) is 0 Å². The lowest BCUT2D eigenvalue weighted by atomic mass is 10.3. The quantitative estimate of drug-likeness (QED) is 0.636. The Morgan fingerprint density at radius 2 is 2.31 bits per heavy atom. The Bertz CT molecular complexity index is 220. The summed E-state index contributed by atoms with van der Waals surface area (Å²) in [4.78, 5) is 13.4. The molecule has 0 aromatic heterocycles. The van der Waals surface area contributed by atoms with Gasteiger partial charge in [0, 0.05) is 19.6 Å². The zero-order valence-electron chi connectivity index (χ0n) is 10.3. The fourth-order valence-electron chi connectivity index (χ4n) is 1.60. The van der Waals surface area contributed by atoms with Gasteiger partial charge in [0.05, 0.1) is 26.4 Å². The topological polar surface area (TPSA) is 48.0 Å². The predicted octanol–water partition coefficient (Wildman–Crippen LogP) is 0.285. The third-order valence-corrected chi connectivity index (χ3v) is 2.47. The average molecular weight is 231 g/mol. The van der Waals surface area contributed by atoms with Crippen molar-refractivity contribution in [2.45, 2.75) is 26.1 Å². The zero-order chi connectivity index (χ0) is 12.0. The Labute approximate surface area is 96.6 Å². The standard InChI is InChI=1S/C11H21NO4/c1-9(2)15-6-4-12-5-7-16-10(8-12)11(13)14-3/h9-10H,4-8H2,1-3H3. The number of ether oxygens (including phenoxy) is 3. The smallest absolute Gasteiger partial charge is 0.336 e. The van der Waals surface area contributed by atoms with Crippen molar-refractivity contribution in [3.8, 4) is 0 Å². The van der Waals surface area contributed by atoms with E-state index in [2.05, 4.69) is 9.64 Å². The SMILES string of the molecule is COC(=O)C1CN(CCOC(C)C)CCO1. The van der Waals surface area contributed by atoms with Gasteiger partial charge in [-0.1, -0.05) is 0 Å². The van der Waals surface area contributed by atoms with Crippen LogP contribution >= 0.6 is 0 Å². The molecule has 1 saturated heterocycles. The molecule has 0 aromatic rings. The summed E-state index contributed by atoms with van der Waals surface area (Å²) < 4.78 is 15.5. The van der Waals surface area contributed by atoms with E-state index in [0.717, 1.165) is 13.1 Å². The van der Waals surface area contributed by atoms with E-state index in [1.807, 2.05) is 13.8 Å². The number of hydrogen-bond acceptors (Lipinski definition) is 5. The van der Waals surface area contributed by atoms with Gasteiger partial charge in [-0.15, -0.1) is 0 Å².